The molecule has 1 aromatic heterocycles. The summed E-state index contributed by atoms with van der Waals surface area (Å²) < 4.78 is 22.9. The number of hydrogen-bond donors (Lipinski definition) is 5. The van der Waals surface area contributed by atoms with Crippen molar-refractivity contribution >= 4 is 27.4 Å². The maximum atomic E-state index is 11.4. The second kappa shape index (κ2) is 4.42. The summed E-state index contributed by atoms with van der Waals surface area (Å²) in [5.74, 6) is 0. The molecule has 0 radical (unpaired) electrons. The number of sulfonamides is 1. The first kappa shape index (κ1) is 12.4. The fourth-order valence-corrected chi connectivity index (χ4v) is 1.75. The van der Waals surface area contributed by atoms with Crippen molar-refractivity contribution in [2.75, 3.05) is 0 Å². The molecule has 0 bridgehead atoms. The van der Waals surface area contributed by atoms with Gasteiger partial charge in [0.15, 0.2) is 10.0 Å². The van der Waals surface area contributed by atoms with Gasteiger partial charge in [-0.3, -0.25) is 15.2 Å². The molecule has 11 heteroatoms. The summed E-state index contributed by atoms with van der Waals surface area (Å²) in [5.41, 5.74) is 5.07. The number of nitrogens with two attached hydrogens (primary N) is 1. The summed E-state index contributed by atoms with van der Waals surface area (Å²) in [6.45, 7) is 0. The van der Waals surface area contributed by atoms with Crippen molar-refractivity contribution in [1.29, 1.82) is 0 Å². The smallest absolute Gasteiger partial charge is 0.325 e. The molecule has 0 saturated carbocycles. The molecule has 1 rings (SSSR count). The van der Waals surface area contributed by atoms with E-state index in [1.165, 1.54) is 0 Å². The van der Waals surface area contributed by atoms with Crippen molar-refractivity contribution in [1.82, 2.24) is 20.2 Å². The Hall–Kier alpha value is -1.72. The molecule has 9 nitrogen and oxygen atoms in total. The predicted molar refractivity (Wildman–Crippen MR) is 57.9 cm³/mol. The molecule has 0 saturated heterocycles. The molecule has 0 unspecified atom stereocenters. The number of nitrogens with one attached hydrogen (secondary N) is 4. The van der Waals surface area contributed by atoms with Gasteiger partial charge in [-0.15, -0.1) is 4.83 Å². The SMILES string of the molecule is NC(=S)NNS(=O)(=O)c1c[nH]c(=O)[nH]c1=O. The van der Waals surface area contributed by atoms with Crippen LogP contribution in [0.2, 0.25) is 0 Å². The van der Waals surface area contributed by atoms with E-state index in [2.05, 4.69) is 12.2 Å². The summed E-state index contributed by atoms with van der Waals surface area (Å²) in [6.07, 6.45) is 0.755. The lowest BCUT2D eigenvalue weighted by Crippen LogP contribution is -2.45. The molecule has 0 aliphatic rings. The Labute approximate surface area is 94.1 Å². The van der Waals surface area contributed by atoms with Gasteiger partial charge >= 0.3 is 5.69 Å². The van der Waals surface area contributed by atoms with Crippen LogP contribution in [0.5, 0.6) is 0 Å². The first-order valence-corrected chi connectivity index (χ1v) is 5.61. The van der Waals surface area contributed by atoms with E-state index < -0.39 is 26.2 Å². The summed E-state index contributed by atoms with van der Waals surface area (Å²) in [5, 5.41) is -0.315. The average molecular weight is 265 g/mol. The molecule has 1 aromatic rings. The predicted octanol–water partition coefficient (Wildman–Crippen LogP) is -2.91. The number of hydrazine groups is 1. The molecule has 6 N–H and O–H groups in total. The normalized spacial score (nSPS) is 11.0. The fourth-order valence-electron chi connectivity index (χ4n) is 0.770. The fraction of sp³-hybridized carbons (Fsp3) is 0. The minimum absolute atomic E-state index is 0.315. The van der Waals surface area contributed by atoms with Gasteiger partial charge in [-0.2, -0.15) is 0 Å². The van der Waals surface area contributed by atoms with Crippen molar-refractivity contribution in [3.05, 3.63) is 27.0 Å². The number of thiocarbonyl (C=S) groups is 1. The summed E-state index contributed by atoms with van der Waals surface area (Å²) >= 11 is 4.36. The van der Waals surface area contributed by atoms with Gasteiger partial charge in [0, 0.05) is 6.20 Å². The van der Waals surface area contributed by atoms with Crippen molar-refractivity contribution < 1.29 is 8.42 Å². The molecule has 0 amide bonds. The second-order valence-electron chi connectivity index (χ2n) is 2.53. The van der Waals surface area contributed by atoms with Gasteiger partial charge in [0.1, 0.15) is 0 Å². The highest BCUT2D eigenvalue weighted by molar-refractivity contribution is 7.89. The van der Waals surface area contributed by atoms with Crippen molar-refractivity contribution in [2.24, 2.45) is 5.73 Å². The standard InChI is InChI=1S/C5H7N5O4S2/c6-4(15)9-10-16(13,14)2-1-7-5(12)8-3(2)11/h1,10H,(H3,6,9,15)(H2,7,8,11,12). The highest BCUT2D eigenvalue weighted by atomic mass is 32.2. The lowest BCUT2D eigenvalue weighted by molar-refractivity contribution is 0.575. The zero-order valence-electron chi connectivity index (χ0n) is 7.60. The molecular formula is C5H7N5O4S2. The van der Waals surface area contributed by atoms with Crippen LogP contribution in [0.25, 0.3) is 0 Å². The Morgan fingerprint density at radius 2 is 2.06 bits per heavy atom. The average Bonchev–Trinajstić information content (AvgIpc) is 2.14. The minimum Gasteiger partial charge on any atom is -0.375 e. The Balaban J connectivity index is 3.13. The third kappa shape index (κ3) is 2.88. The molecule has 0 atom stereocenters. The molecule has 0 fully saturated rings. The first-order chi connectivity index (χ1) is 7.33. The van der Waals surface area contributed by atoms with Gasteiger partial charge < -0.3 is 10.7 Å². The van der Waals surface area contributed by atoms with E-state index >= 15 is 0 Å². The van der Waals surface area contributed by atoms with Crippen LogP contribution >= 0.6 is 12.2 Å². The van der Waals surface area contributed by atoms with E-state index in [0.29, 0.717) is 0 Å². The van der Waals surface area contributed by atoms with E-state index in [9.17, 15) is 18.0 Å². The number of rotatable bonds is 3. The van der Waals surface area contributed by atoms with E-state index in [-0.39, 0.29) is 5.11 Å². The Morgan fingerprint density at radius 3 is 2.56 bits per heavy atom. The quantitative estimate of drug-likeness (QED) is 0.290. The number of H-pyrrole nitrogens is 2. The maximum absolute atomic E-state index is 11.4. The van der Waals surface area contributed by atoms with Crippen LogP contribution in [0.4, 0.5) is 0 Å². The van der Waals surface area contributed by atoms with Crippen LogP contribution in [0.3, 0.4) is 0 Å². The zero-order chi connectivity index (χ0) is 12.3. The Bertz CT molecular complexity index is 614. The first-order valence-electron chi connectivity index (χ1n) is 3.72. The second-order valence-corrected chi connectivity index (χ2v) is 4.62. The largest absolute Gasteiger partial charge is 0.375 e. The van der Waals surface area contributed by atoms with Gasteiger partial charge in [0.2, 0.25) is 0 Å². The maximum Gasteiger partial charge on any atom is 0.325 e. The molecule has 0 aliphatic carbocycles. The highest BCUT2D eigenvalue weighted by Gasteiger charge is 2.18. The summed E-state index contributed by atoms with van der Waals surface area (Å²) in [6, 6.07) is 0. The Morgan fingerprint density at radius 1 is 1.44 bits per heavy atom. The van der Waals surface area contributed by atoms with Crippen LogP contribution in [0, 0.1) is 0 Å². The molecule has 0 spiro atoms. The monoisotopic (exact) mass is 265 g/mol. The number of aromatic nitrogens is 2. The minimum atomic E-state index is -4.15. The van der Waals surface area contributed by atoms with Crippen LogP contribution in [0.1, 0.15) is 0 Å². The van der Waals surface area contributed by atoms with E-state index in [0.717, 1.165) is 6.20 Å². The van der Waals surface area contributed by atoms with Crippen LogP contribution in [-0.2, 0) is 10.0 Å². The van der Waals surface area contributed by atoms with Crippen LogP contribution in [0.15, 0.2) is 20.7 Å². The third-order valence-electron chi connectivity index (χ3n) is 1.38. The number of hydrogen-bond acceptors (Lipinski definition) is 5. The van der Waals surface area contributed by atoms with Gasteiger partial charge in [-0.25, -0.2) is 13.2 Å². The van der Waals surface area contributed by atoms with E-state index in [4.69, 9.17) is 5.73 Å². The van der Waals surface area contributed by atoms with Gasteiger partial charge in [-0.05, 0) is 12.2 Å². The third-order valence-corrected chi connectivity index (χ3v) is 2.74. The number of aromatic amines is 2. The van der Waals surface area contributed by atoms with Crippen molar-refractivity contribution in [3.8, 4) is 0 Å². The lowest BCUT2D eigenvalue weighted by Gasteiger charge is -2.05. The highest BCUT2D eigenvalue weighted by Crippen LogP contribution is 1.95. The molecule has 16 heavy (non-hydrogen) atoms. The van der Waals surface area contributed by atoms with Crippen molar-refractivity contribution in [2.45, 2.75) is 4.90 Å². The van der Waals surface area contributed by atoms with Crippen LogP contribution < -0.4 is 27.2 Å². The molecule has 0 aliphatic heterocycles. The molecule has 1 heterocycles. The molecule has 88 valence electrons. The van der Waals surface area contributed by atoms with Gasteiger partial charge in [0.05, 0.1) is 0 Å². The van der Waals surface area contributed by atoms with Gasteiger partial charge in [-0.1, -0.05) is 0 Å². The molecule has 0 aromatic carbocycles. The van der Waals surface area contributed by atoms with E-state index in [1.54, 1.807) is 9.82 Å². The van der Waals surface area contributed by atoms with Gasteiger partial charge in [0.25, 0.3) is 15.6 Å². The summed E-state index contributed by atoms with van der Waals surface area (Å²) in [7, 11) is -4.15. The Kier molecular flexibility index (Phi) is 3.41. The van der Waals surface area contributed by atoms with Crippen LogP contribution in [-0.4, -0.2) is 23.5 Å². The summed E-state index contributed by atoms with van der Waals surface area (Å²) in [4.78, 5) is 26.6. The topological polar surface area (TPSA) is 150 Å². The molecular weight excluding hydrogens is 258 g/mol. The zero-order valence-corrected chi connectivity index (χ0v) is 9.24. The van der Waals surface area contributed by atoms with Crippen molar-refractivity contribution in [3.63, 3.8) is 0 Å². The lowest BCUT2D eigenvalue weighted by atomic mass is 10.7. The van der Waals surface area contributed by atoms with E-state index in [1.807, 2.05) is 10.4 Å².